The number of piperidine rings is 2. The number of quaternary nitrogens is 1. The van der Waals surface area contributed by atoms with Crippen LogP contribution in [0.4, 0.5) is 9.18 Å². The van der Waals surface area contributed by atoms with E-state index >= 15 is 0 Å². The lowest BCUT2D eigenvalue weighted by molar-refractivity contribution is -0.940. The average molecular weight is 387 g/mol. The number of hydrogen-bond acceptors (Lipinski definition) is 5. The molecule has 9 heteroatoms. The second-order valence-electron chi connectivity index (χ2n) is 6.83. The van der Waals surface area contributed by atoms with Crippen molar-refractivity contribution in [3.63, 3.8) is 0 Å². The van der Waals surface area contributed by atoms with Crippen molar-refractivity contribution in [2.75, 3.05) is 19.7 Å². The molecule has 3 rings (SSSR count). The van der Waals surface area contributed by atoms with Crippen LogP contribution in [0, 0.1) is 11.7 Å². The van der Waals surface area contributed by atoms with Crippen LogP contribution in [-0.4, -0.2) is 40.2 Å². The molecule has 0 bridgehead atoms. The van der Waals surface area contributed by atoms with Gasteiger partial charge in [-0.25, -0.2) is 9.18 Å². The largest absolute Gasteiger partial charge is 0.448 e. The third kappa shape index (κ3) is 4.85. The van der Waals surface area contributed by atoms with Crippen molar-refractivity contribution in [1.29, 1.82) is 0 Å². The van der Waals surface area contributed by atoms with Crippen molar-refractivity contribution in [1.82, 2.24) is 4.72 Å². The molecule has 2 heterocycles. The van der Waals surface area contributed by atoms with Crippen LogP contribution in [0.25, 0.3) is 0 Å². The molecule has 0 spiro atoms. The topological polar surface area (TPSA) is 86.1 Å². The number of hydrogen-bond donors (Lipinski definition) is 2. The summed E-state index contributed by atoms with van der Waals surface area (Å²) < 4.78 is 48.5. The van der Waals surface area contributed by atoms with Crippen molar-refractivity contribution >= 4 is 16.4 Å². The third-order valence-electron chi connectivity index (χ3n) is 5.10. The summed E-state index contributed by atoms with van der Waals surface area (Å²) in [5, 5.41) is 0. The lowest BCUT2D eigenvalue weighted by atomic mass is 9.84. The van der Waals surface area contributed by atoms with Gasteiger partial charge in [0.15, 0.2) is 11.6 Å². The number of carbonyl (C=O) groups excluding carboxylic acids is 1. The number of para-hydroxylation sites is 1. The van der Waals surface area contributed by atoms with E-state index in [0.717, 1.165) is 44.5 Å². The minimum Gasteiger partial charge on any atom is -0.448 e. The Bertz CT molecular complexity index is 740. The Morgan fingerprint density at radius 3 is 2.77 bits per heavy atom. The lowest BCUT2D eigenvalue weighted by Gasteiger charge is -2.40. The van der Waals surface area contributed by atoms with Crippen LogP contribution in [0.3, 0.4) is 0 Å². The fourth-order valence-corrected chi connectivity index (χ4v) is 4.62. The molecule has 0 aliphatic carbocycles. The predicted molar refractivity (Wildman–Crippen MR) is 91.5 cm³/mol. The van der Waals surface area contributed by atoms with E-state index in [9.17, 15) is 17.6 Å². The Balaban J connectivity index is 1.51. The Kier molecular flexibility index (Phi) is 5.98. The molecular formula is C17H24FN2O5S+. The van der Waals surface area contributed by atoms with E-state index in [4.69, 9.17) is 4.74 Å². The summed E-state index contributed by atoms with van der Waals surface area (Å²) in [6.07, 6.45) is 4.47. The number of nitrogens with one attached hydrogen (secondary N) is 2. The minimum atomic E-state index is -4.50. The summed E-state index contributed by atoms with van der Waals surface area (Å²) in [6.45, 7) is 2.48. The van der Waals surface area contributed by atoms with Crippen LogP contribution in [0.5, 0.6) is 5.75 Å². The van der Waals surface area contributed by atoms with Crippen LogP contribution in [-0.2, 0) is 15.0 Å². The van der Waals surface area contributed by atoms with Crippen LogP contribution in [0.1, 0.15) is 32.1 Å². The molecule has 26 heavy (non-hydrogen) atoms. The van der Waals surface area contributed by atoms with Crippen molar-refractivity contribution in [3.8, 4) is 5.75 Å². The van der Waals surface area contributed by atoms with Gasteiger partial charge in [-0.15, -0.1) is 0 Å². The molecule has 1 amide bonds. The second-order valence-corrected chi connectivity index (χ2v) is 8.11. The first-order valence-corrected chi connectivity index (χ1v) is 10.3. The molecule has 0 radical (unpaired) electrons. The van der Waals surface area contributed by atoms with E-state index in [1.165, 1.54) is 25.0 Å². The number of benzene rings is 1. The highest BCUT2D eigenvalue weighted by molar-refractivity contribution is 7.85. The van der Waals surface area contributed by atoms with Gasteiger partial charge in [-0.05, 0) is 44.2 Å². The van der Waals surface area contributed by atoms with Crippen LogP contribution >= 0.6 is 0 Å². The van der Waals surface area contributed by atoms with Crippen LogP contribution in [0.2, 0.25) is 0 Å². The van der Waals surface area contributed by atoms with Gasteiger partial charge in [0.25, 0.3) is 0 Å². The quantitative estimate of drug-likeness (QED) is 0.788. The molecule has 2 saturated heterocycles. The molecule has 3 atom stereocenters. The Morgan fingerprint density at radius 1 is 1.19 bits per heavy atom. The number of rotatable bonds is 5. The van der Waals surface area contributed by atoms with E-state index < -0.39 is 28.0 Å². The van der Waals surface area contributed by atoms with Gasteiger partial charge >= 0.3 is 16.4 Å². The zero-order valence-electron chi connectivity index (χ0n) is 14.4. The minimum absolute atomic E-state index is 0.176. The molecule has 2 aliphatic heterocycles. The highest BCUT2D eigenvalue weighted by Crippen LogP contribution is 2.21. The lowest BCUT2D eigenvalue weighted by Crippen LogP contribution is -3.18. The van der Waals surface area contributed by atoms with Crippen molar-refractivity contribution in [2.45, 2.75) is 38.1 Å². The van der Waals surface area contributed by atoms with Crippen molar-refractivity contribution < 1.29 is 31.4 Å². The summed E-state index contributed by atoms with van der Waals surface area (Å²) in [5.41, 5.74) is 0. The van der Waals surface area contributed by atoms with Crippen molar-refractivity contribution in [3.05, 3.63) is 30.1 Å². The van der Waals surface area contributed by atoms with Gasteiger partial charge in [0.1, 0.15) is 6.61 Å². The molecule has 7 nitrogen and oxygen atoms in total. The fraction of sp³-hybridized carbons (Fsp3) is 0.588. The first kappa shape index (κ1) is 18.9. The van der Waals surface area contributed by atoms with Gasteiger partial charge in [-0.3, -0.25) is 0 Å². The molecule has 1 aromatic carbocycles. The van der Waals surface area contributed by atoms with Gasteiger partial charge < -0.3 is 13.8 Å². The number of ether oxygens (including phenoxy) is 1. The van der Waals surface area contributed by atoms with Gasteiger partial charge in [0.05, 0.1) is 19.1 Å². The Hall–Kier alpha value is -1.87. The zero-order valence-corrected chi connectivity index (χ0v) is 15.3. The second kappa shape index (κ2) is 8.22. The van der Waals surface area contributed by atoms with E-state index in [2.05, 4.69) is 4.18 Å². The Morgan fingerprint density at radius 2 is 1.96 bits per heavy atom. The third-order valence-corrected chi connectivity index (χ3v) is 5.92. The van der Waals surface area contributed by atoms with E-state index in [1.54, 1.807) is 9.62 Å². The van der Waals surface area contributed by atoms with Crippen molar-refractivity contribution in [2.24, 2.45) is 5.92 Å². The first-order chi connectivity index (χ1) is 12.4. The smallest absolute Gasteiger partial charge is 0.423 e. The Labute approximate surface area is 152 Å². The monoisotopic (exact) mass is 387 g/mol. The molecular weight excluding hydrogens is 363 g/mol. The molecule has 2 N–H and O–H groups in total. The summed E-state index contributed by atoms with van der Waals surface area (Å²) in [6, 6.07) is 5.51. The van der Waals surface area contributed by atoms with Crippen LogP contribution < -0.4 is 13.8 Å². The maximum Gasteiger partial charge on any atom is 0.423 e. The summed E-state index contributed by atoms with van der Waals surface area (Å²) >= 11 is 0. The average Bonchev–Trinajstić information content (AvgIpc) is 2.61. The van der Waals surface area contributed by atoms with Gasteiger partial charge in [-0.1, -0.05) is 12.1 Å². The van der Waals surface area contributed by atoms with E-state index in [0.29, 0.717) is 6.04 Å². The number of fused-ring (bicyclic) bond motifs is 1. The molecule has 1 aromatic rings. The molecule has 144 valence electrons. The van der Waals surface area contributed by atoms with Gasteiger partial charge in [0.2, 0.25) is 0 Å². The van der Waals surface area contributed by atoms with Gasteiger partial charge in [0, 0.05) is 5.92 Å². The van der Waals surface area contributed by atoms with Gasteiger partial charge in [-0.2, -0.15) is 13.1 Å². The first-order valence-electron chi connectivity index (χ1n) is 8.93. The standard InChI is InChI=1S/C17H23FN2O5S/c18-14-7-1-2-9-16(14)25-26(22,23)19-17(21)24-12-13-6-5-11-20-10-4-3-8-15(13)20/h1-2,7,9,13,15H,3-6,8,10-12H2,(H,19,21)/p+1/t13-,15-/m0/s1. The van der Waals surface area contributed by atoms with E-state index in [-0.39, 0.29) is 12.5 Å². The van der Waals surface area contributed by atoms with Crippen LogP contribution in [0.15, 0.2) is 24.3 Å². The maximum absolute atomic E-state index is 13.5. The molecule has 0 aromatic heterocycles. The number of amides is 1. The van der Waals surface area contributed by atoms with E-state index in [1.807, 2.05) is 0 Å². The molecule has 2 fully saturated rings. The zero-order chi connectivity index (χ0) is 18.6. The number of carbonyl (C=O) groups is 1. The summed E-state index contributed by atoms with van der Waals surface area (Å²) in [7, 11) is -4.50. The SMILES string of the molecule is O=C(NS(=O)(=O)Oc1ccccc1F)OC[C@@H]1CCC[NH+]2CCCC[C@@H]12. The maximum atomic E-state index is 13.5. The highest BCUT2D eigenvalue weighted by atomic mass is 32.2. The fourth-order valence-electron chi connectivity index (χ4n) is 3.94. The predicted octanol–water partition coefficient (Wildman–Crippen LogP) is 1.02. The normalized spacial score (nSPS) is 25.8. The molecule has 2 aliphatic rings. The highest BCUT2D eigenvalue weighted by Gasteiger charge is 2.37. The molecule has 1 unspecified atom stereocenters. The summed E-state index contributed by atoms with van der Waals surface area (Å²) in [4.78, 5) is 13.4. The summed E-state index contributed by atoms with van der Waals surface area (Å²) in [5.74, 6) is -1.09. The molecule has 0 saturated carbocycles. The number of halogens is 1.